The fraction of sp³-hybridized carbons (Fsp3) is 0.190. The topological polar surface area (TPSA) is 76.0 Å². The highest BCUT2D eigenvalue weighted by Gasteiger charge is 2.20. The molecule has 2 amide bonds. The molecule has 29 heavy (non-hydrogen) atoms. The summed E-state index contributed by atoms with van der Waals surface area (Å²) in [7, 11) is 1.89. The zero-order valence-corrected chi connectivity index (χ0v) is 18.2. The van der Waals surface area contributed by atoms with Crippen LogP contribution in [0.5, 0.6) is 0 Å². The molecule has 1 heterocycles. The predicted octanol–water partition coefficient (Wildman–Crippen LogP) is 3.76. The minimum Gasteiger partial charge on any atom is -0.341 e. The van der Waals surface area contributed by atoms with Gasteiger partial charge in [0.25, 0.3) is 0 Å². The lowest BCUT2D eigenvalue weighted by atomic mass is 10.1. The van der Waals surface area contributed by atoms with Crippen molar-refractivity contribution in [3.05, 3.63) is 82.9 Å². The third-order valence-corrected chi connectivity index (χ3v) is 5.56. The van der Waals surface area contributed by atoms with Crippen LogP contribution in [-0.2, 0) is 16.6 Å². The van der Waals surface area contributed by atoms with E-state index < -0.39 is 0 Å². The van der Waals surface area contributed by atoms with E-state index >= 15 is 0 Å². The summed E-state index contributed by atoms with van der Waals surface area (Å²) in [6.45, 7) is 0. The van der Waals surface area contributed by atoms with Crippen LogP contribution in [0.25, 0.3) is 0 Å². The maximum absolute atomic E-state index is 12.5. The van der Waals surface area contributed by atoms with E-state index in [1.807, 2.05) is 72.4 Å². The monoisotopic (exact) mass is 472 g/mol. The Morgan fingerprint density at radius 3 is 2.55 bits per heavy atom. The number of hydrogen-bond donors (Lipinski definition) is 2. The van der Waals surface area contributed by atoms with E-state index in [2.05, 4.69) is 31.5 Å². The third-order valence-electron chi connectivity index (χ3n) is 4.13. The van der Waals surface area contributed by atoms with Gasteiger partial charge >= 0.3 is 0 Å². The minimum absolute atomic E-state index is 0.149. The second-order valence-electron chi connectivity index (χ2n) is 6.36. The Bertz CT molecular complexity index is 978. The molecule has 0 fully saturated rings. The fourth-order valence-electron chi connectivity index (χ4n) is 2.80. The molecule has 0 aliphatic rings. The number of amides is 2. The number of aromatic nitrogens is 2. The number of carbonyl (C=O) groups is 2. The molecule has 0 bridgehead atoms. The van der Waals surface area contributed by atoms with Crippen LogP contribution in [0.1, 0.15) is 17.4 Å². The number of anilines is 1. The van der Waals surface area contributed by atoms with Gasteiger partial charge in [-0.3, -0.25) is 9.59 Å². The number of nitrogens with zero attached hydrogens (tertiary/aromatic N) is 2. The first-order valence-corrected chi connectivity index (χ1v) is 10.9. The van der Waals surface area contributed by atoms with Gasteiger partial charge in [0.2, 0.25) is 11.8 Å². The number of halogens is 1. The molecule has 3 rings (SSSR count). The van der Waals surface area contributed by atoms with Gasteiger partial charge in [0.05, 0.1) is 11.5 Å². The standard InChI is InChI=1S/C21H21BrN4O2S/c1-26-11-10-23-21(26)20(15-6-3-2-4-7-15)25-19(28)14-29-13-18(27)24-17-9-5-8-16(22)12-17/h2-12,20H,13-14H2,1H3,(H,24,27)(H,25,28). The second-order valence-corrected chi connectivity index (χ2v) is 8.26. The van der Waals surface area contributed by atoms with Crippen LogP contribution in [0.2, 0.25) is 0 Å². The average Bonchev–Trinajstić information content (AvgIpc) is 3.12. The molecule has 3 aromatic rings. The van der Waals surface area contributed by atoms with Gasteiger partial charge in [-0.1, -0.05) is 52.3 Å². The third kappa shape index (κ3) is 6.20. The maximum Gasteiger partial charge on any atom is 0.234 e. The molecule has 1 aromatic heterocycles. The van der Waals surface area contributed by atoms with Crippen molar-refractivity contribution in [1.29, 1.82) is 0 Å². The Balaban J connectivity index is 1.54. The predicted molar refractivity (Wildman–Crippen MR) is 120 cm³/mol. The number of hydrogen-bond acceptors (Lipinski definition) is 4. The van der Waals surface area contributed by atoms with Gasteiger partial charge in [0.15, 0.2) is 0 Å². The number of carbonyl (C=O) groups excluding carboxylic acids is 2. The highest BCUT2D eigenvalue weighted by atomic mass is 79.9. The molecule has 8 heteroatoms. The van der Waals surface area contributed by atoms with Crippen molar-refractivity contribution in [3.63, 3.8) is 0 Å². The molecule has 0 saturated heterocycles. The van der Waals surface area contributed by atoms with Crippen LogP contribution in [-0.4, -0.2) is 32.9 Å². The first-order valence-electron chi connectivity index (χ1n) is 8.97. The van der Waals surface area contributed by atoms with E-state index in [4.69, 9.17) is 0 Å². The van der Waals surface area contributed by atoms with E-state index in [9.17, 15) is 9.59 Å². The zero-order valence-electron chi connectivity index (χ0n) is 15.8. The Morgan fingerprint density at radius 2 is 1.86 bits per heavy atom. The number of aryl methyl sites for hydroxylation is 1. The number of nitrogens with one attached hydrogen (secondary N) is 2. The smallest absolute Gasteiger partial charge is 0.234 e. The molecule has 1 atom stereocenters. The van der Waals surface area contributed by atoms with Crippen LogP contribution in [0.4, 0.5) is 5.69 Å². The Labute approximate surface area is 182 Å². The largest absolute Gasteiger partial charge is 0.341 e. The lowest BCUT2D eigenvalue weighted by Crippen LogP contribution is -2.32. The van der Waals surface area contributed by atoms with Crippen LogP contribution in [0, 0.1) is 0 Å². The number of thioether (sulfide) groups is 1. The van der Waals surface area contributed by atoms with Crippen LogP contribution >= 0.6 is 27.7 Å². The number of benzene rings is 2. The molecule has 0 spiro atoms. The minimum atomic E-state index is -0.347. The molecular weight excluding hydrogens is 452 g/mol. The summed E-state index contributed by atoms with van der Waals surface area (Å²) in [5.74, 6) is 0.825. The molecular formula is C21H21BrN4O2S. The molecule has 0 radical (unpaired) electrons. The fourth-order valence-corrected chi connectivity index (χ4v) is 3.83. The van der Waals surface area contributed by atoms with Crippen molar-refractivity contribution >= 4 is 45.2 Å². The van der Waals surface area contributed by atoms with Gasteiger partial charge in [0.1, 0.15) is 11.9 Å². The summed E-state index contributed by atoms with van der Waals surface area (Å²) >= 11 is 4.64. The summed E-state index contributed by atoms with van der Waals surface area (Å²) in [5, 5.41) is 5.84. The number of rotatable bonds is 8. The normalized spacial score (nSPS) is 11.7. The summed E-state index contributed by atoms with van der Waals surface area (Å²) in [5.41, 5.74) is 1.67. The number of imidazole rings is 1. The molecule has 150 valence electrons. The lowest BCUT2D eigenvalue weighted by molar-refractivity contribution is -0.119. The Hall–Kier alpha value is -2.58. The average molecular weight is 473 g/mol. The molecule has 0 aliphatic carbocycles. The molecule has 0 saturated carbocycles. The molecule has 2 N–H and O–H groups in total. The van der Waals surface area contributed by atoms with E-state index in [0.29, 0.717) is 5.69 Å². The maximum atomic E-state index is 12.5. The van der Waals surface area contributed by atoms with Crippen molar-refractivity contribution in [1.82, 2.24) is 14.9 Å². The van der Waals surface area contributed by atoms with Gasteiger partial charge < -0.3 is 15.2 Å². The second kappa shape index (κ2) is 10.3. The summed E-state index contributed by atoms with van der Waals surface area (Å²) in [6, 6.07) is 16.7. The first-order chi connectivity index (χ1) is 14.0. The van der Waals surface area contributed by atoms with Crippen molar-refractivity contribution < 1.29 is 9.59 Å². The molecule has 1 unspecified atom stereocenters. The van der Waals surface area contributed by atoms with E-state index in [1.165, 1.54) is 11.8 Å². The van der Waals surface area contributed by atoms with E-state index in [-0.39, 0.29) is 29.4 Å². The van der Waals surface area contributed by atoms with Gasteiger partial charge in [0, 0.05) is 29.6 Å². The van der Waals surface area contributed by atoms with Gasteiger partial charge in [-0.2, -0.15) is 0 Å². The van der Waals surface area contributed by atoms with Gasteiger partial charge in [-0.15, -0.1) is 11.8 Å². The summed E-state index contributed by atoms with van der Waals surface area (Å²) in [4.78, 5) is 29.0. The van der Waals surface area contributed by atoms with Crippen molar-refractivity contribution in [2.75, 3.05) is 16.8 Å². The zero-order chi connectivity index (χ0) is 20.6. The van der Waals surface area contributed by atoms with Crippen molar-refractivity contribution in [3.8, 4) is 0 Å². The SMILES string of the molecule is Cn1ccnc1C(NC(=O)CSCC(=O)Nc1cccc(Br)c1)c1ccccc1. The summed E-state index contributed by atoms with van der Waals surface area (Å²) < 4.78 is 2.78. The molecule has 0 aliphatic heterocycles. The van der Waals surface area contributed by atoms with Crippen LogP contribution in [0.15, 0.2) is 71.5 Å². The van der Waals surface area contributed by atoms with Crippen molar-refractivity contribution in [2.24, 2.45) is 7.05 Å². The highest BCUT2D eigenvalue weighted by molar-refractivity contribution is 9.10. The van der Waals surface area contributed by atoms with Gasteiger partial charge in [-0.05, 0) is 23.8 Å². The molecule has 6 nitrogen and oxygen atoms in total. The summed E-state index contributed by atoms with van der Waals surface area (Å²) in [6.07, 6.45) is 3.55. The Morgan fingerprint density at radius 1 is 1.10 bits per heavy atom. The highest BCUT2D eigenvalue weighted by Crippen LogP contribution is 2.20. The Kier molecular flexibility index (Phi) is 7.48. The molecule has 2 aromatic carbocycles. The van der Waals surface area contributed by atoms with Crippen LogP contribution < -0.4 is 10.6 Å². The quantitative estimate of drug-likeness (QED) is 0.523. The first kappa shape index (κ1) is 21.1. The van der Waals surface area contributed by atoms with Crippen LogP contribution in [0.3, 0.4) is 0 Å². The van der Waals surface area contributed by atoms with E-state index in [0.717, 1.165) is 15.9 Å². The van der Waals surface area contributed by atoms with Gasteiger partial charge in [-0.25, -0.2) is 4.98 Å². The lowest BCUT2D eigenvalue weighted by Gasteiger charge is -2.19. The van der Waals surface area contributed by atoms with Crippen molar-refractivity contribution in [2.45, 2.75) is 6.04 Å². The van der Waals surface area contributed by atoms with E-state index in [1.54, 1.807) is 6.20 Å².